The standard InChI is InChI=1S/C14H10F3N5/c15-14(16,17)9-4-3-5-10(8-9)18-12-7-2-1-6-11(12)13-19-21-22-20-13/h1-8,13,18H. The van der Waals surface area contributed by atoms with E-state index in [1.165, 1.54) is 6.07 Å². The average molecular weight is 305 g/mol. The smallest absolute Gasteiger partial charge is 0.355 e. The highest BCUT2D eigenvalue weighted by Crippen LogP contribution is 2.34. The van der Waals surface area contributed by atoms with Crippen LogP contribution >= 0.6 is 0 Å². The van der Waals surface area contributed by atoms with Crippen molar-refractivity contribution in [2.45, 2.75) is 12.3 Å². The molecule has 0 radical (unpaired) electrons. The zero-order chi connectivity index (χ0) is 15.6. The van der Waals surface area contributed by atoms with Crippen LogP contribution in [0.3, 0.4) is 0 Å². The van der Waals surface area contributed by atoms with Crippen molar-refractivity contribution < 1.29 is 13.2 Å². The van der Waals surface area contributed by atoms with E-state index in [-0.39, 0.29) is 0 Å². The van der Waals surface area contributed by atoms with Gasteiger partial charge in [0.05, 0.1) is 5.56 Å². The molecule has 8 heteroatoms. The SMILES string of the molecule is FC(F)(F)c1cccc(Nc2ccccc2C2N=NN=N2)c1. The van der Waals surface area contributed by atoms with E-state index < -0.39 is 17.9 Å². The maximum atomic E-state index is 12.7. The van der Waals surface area contributed by atoms with Gasteiger partial charge in [0.2, 0.25) is 6.17 Å². The number of rotatable bonds is 3. The van der Waals surface area contributed by atoms with Gasteiger partial charge < -0.3 is 5.32 Å². The van der Waals surface area contributed by atoms with Crippen molar-refractivity contribution in [1.29, 1.82) is 0 Å². The molecule has 0 aliphatic carbocycles. The molecular weight excluding hydrogens is 295 g/mol. The summed E-state index contributed by atoms with van der Waals surface area (Å²) in [6.07, 6.45) is -4.96. The van der Waals surface area contributed by atoms with Crippen LogP contribution < -0.4 is 5.32 Å². The molecule has 1 aliphatic heterocycles. The van der Waals surface area contributed by atoms with E-state index in [4.69, 9.17) is 0 Å². The predicted molar refractivity (Wildman–Crippen MR) is 73.6 cm³/mol. The van der Waals surface area contributed by atoms with Gasteiger partial charge in [-0.05, 0) is 34.7 Å². The second-order valence-electron chi connectivity index (χ2n) is 4.57. The summed E-state index contributed by atoms with van der Waals surface area (Å²) in [4.78, 5) is 0. The molecular formula is C14H10F3N5. The van der Waals surface area contributed by atoms with Crippen LogP contribution in [-0.4, -0.2) is 0 Å². The first-order valence-corrected chi connectivity index (χ1v) is 6.37. The number of nitrogens with zero attached hydrogens (tertiary/aromatic N) is 4. The maximum Gasteiger partial charge on any atom is 0.416 e. The van der Waals surface area contributed by atoms with Gasteiger partial charge >= 0.3 is 6.18 Å². The van der Waals surface area contributed by atoms with E-state index in [1.54, 1.807) is 30.3 Å². The Bertz CT molecular complexity index is 727. The molecule has 0 atom stereocenters. The molecule has 0 aromatic heterocycles. The molecule has 0 fully saturated rings. The fourth-order valence-corrected chi connectivity index (χ4v) is 2.06. The summed E-state index contributed by atoms with van der Waals surface area (Å²) in [5, 5.41) is 17.5. The Morgan fingerprint density at radius 2 is 1.64 bits per heavy atom. The molecule has 5 nitrogen and oxygen atoms in total. The number of para-hydroxylation sites is 1. The minimum Gasteiger partial charge on any atom is -0.355 e. The maximum absolute atomic E-state index is 12.7. The number of nitrogens with one attached hydrogen (secondary N) is 1. The molecule has 0 saturated carbocycles. The van der Waals surface area contributed by atoms with Crippen LogP contribution in [0.4, 0.5) is 24.5 Å². The molecule has 0 amide bonds. The number of benzene rings is 2. The lowest BCUT2D eigenvalue weighted by Crippen LogP contribution is -2.05. The van der Waals surface area contributed by atoms with Crippen molar-refractivity contribution in [2.75, 3.05) is 5.32 Å². The van der Waals surface area contributed by atoms with Crippen LogP contribution in [0.5, 0.6) is 0 Å². The highest BCUT2D eigenvalue weighted by molar-refractivity contribution is 5.64. The first kappa shape index (κ1) is 14.2. The van der Waals surface area contributed by atoms with Crippen LogP contribution in [0, 0.1) is 0 Å². The molecule has 0 spiro atoms. The lowest BCUT2D eigenvalue weighted by Gasteiger charge is -2.14. The van der Waals surface area contributed by atoms with Gasteiger partial charge in [-0.15, -0.1) is 10.2 Å². The van der Waals surface area contributed by atoms with Gasteiger partial charge in [-0.1, -0.05) is 24.3 Å². The summed E-state index contributed by atoms with van der Waals surface area (Å²) in [7, 11) is 0. The highest BCUT2D eigenvalue weighted by Gasteiger charge is 2.30. The lowest BCUT2D eigenvalue weighted by atomic mass is 10.1. The predicted octanol–water partition coefficient (Wildman–Crippen LogP) is 5.28. The number of halogens is 3. The molecule has 1 N–H and O–H groups in total. The second kappa shape index (κ2) is 5.55. The third-order valence-electron chi connectivity index (χ3n) is 3.07. The summed E-state index contributed by atoms with van der Waals surface area (Å²) in [5.41, 5.74) is 0.904. The van der Waals surface area contributed by atoms with Crippen LogP contribution in [0.15, 0.2) is 69.2 Å². The zero-order valence-electron chi connectivity index (χ0n) is 11.1. The quantitative estimate of drug-likeness (QED) is 0.823. The molecule has 0 bridgehead atoms. The number of hydrogen-bond acceptors (Lipinski definition) is 5. The normalized spacial score (nSPS) is 14.5. The molecule has 2 aromatic rings. The average Bonchev–Trinajstić information content (AvgIpc) is 3.01. The van der Waals surface area contributed by atoms with Crippen molar-refractivity contribution in [3.8, 4) is 0 Å². The Balaban J connectivity index is 1.91. The van der Waals surface area contributed by atoms with Gasteiger partial charge in [0.1, 0.15) is 0 Å². The van der Waals surface area contributed by atoms with Crippen molar-refractivity contribution >= 4 is 11.4 Å². The summed E-state index contributed by atoms with van der Waals surface area (Å²) in [6, 6.07) is 12.0. The minimum atomic E-state index is -4.38. The van der Waals surface area contributed by atoms with E-state index in [9.17, 15) is 13.2 Å². The topological polar surface area (TPSA) is 61.5 Å². The Morgan fingerprint density at radius 1 is 0.909 bits per heavy atom. The van der Waals surface area contributed by atoms with Crippen molar-refractivity contribution in [3.05, 3.63) is 59.7 Å². The van der Waals surface area contributed by atoms with Gasteiger partial charge in [0, 0.05) is 16.9 Å². The Kier molecular flexibility index (Phi) is 3.58. The third-order valence-corrected chi connectivity index (χ3v) is 3.07. The van der Waals surface area contributed by atoms with E-state index >= 15 is 0 Å². The summed E-state index contributed by atoms with van der Waals surface area (Å²) >= 11 is 0. The fraction of sp³-hybridized carbons (Fsp3) is 0.143. The second-order valence-corrected chi connectivity index (χ2v) is 4.57. The first-order chi connectivity index (χ1) is 10.5. The molecule has 1 heterocycles. The minimum absolute atomic E-state index is 0.328. The van der Waals surface area contributed by atoms with Crippen LogP contribution in [-0.2, 0) is 6.18 Å². The van der Waals surface area contributed by atoms with E-state index in [0.717, 1.165) is 12.1 Å². The first-order valence-electron chi connectivity index (χ1n) is 6.37. The van der Waals surface area contributed by atoms with Gasteiger partial charge in [0.25, 0.3) is 0 Å². The number of alkyl halides is 3. The van der Waals surface area contributed by atoms with E-state index in [1.807, 2.05) is 0 Å². The van der Waals surface area contributed by atoms with E-state index in [0.29, 0.717) is 16.9 Å². The Labute approximate surface area is 123 Å². The number of hydrogen-bond donors (Lipinski definition) is 1. The number of anilines is 2. The molecule has 0 unspecified atom stereocenters. The van der Waals surface area contributed by atoms with Crippen LogP contribution in [0.2, 0.25) is 0 Å². The van der Waals surface area contributed by atoms with Crippen molar-refractivity contribution in [3.63, 3.8) is 0 Å². The molecule has 112 valence electrons. The monoisotopic (exact) mass is 305 g/mol. The molecule has 0 saturated heterocycles. The van der Waals surface area contributed by atoms with Crippen molar-refractivity contribution in [2.24, 2.45) is 20.7 Å². The zero-order valence-corrected chi connectivity index (χ0v) is 11.1. The molecule has 3 rings (SSSR count). The molecule has 1 aliphatic rings. The Hall–Kier alpha value is -2.77. The van der Waals surface area contributed by atoms with E-state index in [2.05, 4.69) is 26.0 Å². The Morgan fingerprint density at radius 3 is 2.36 bits per heavy atom. The molecule has 2 aromatic carbocycles. The van der Waals surface area contributed by atoms with Crippen LogP contribution in [0.1, 0.15) is 17.3 Å². The van der Waals surface area contributed by atoms with Gasteiger partial charge in [-0.3, -0.25) is 0 Å². The lowest BCUT2D eigenvalue weighted by molar-refractivity contribution is -0.137. The summed E-state index contributed by atoms with van der Waals surface area (Å²) in [5.74, 6) is 0. The third kappa shape index (κ3) is 2.95. The summed E-state index contributed by atoms with van der Waals surface area (Å²) < 4.78 is 38.2. The highest BCUT2D eigenvalue weighted by atomic mass is 19.4. The fourth-order valence-electron chi connectivity index (χ4n) is 2.06. The van der Waals surface area contributed by atoms with Crippen molar-refractivity contribution in [1.82, 2.24) is 0 Å². The summed E-state index contributed by atoms with van der Waals surface area (Å²) in [6.45, 7) is 0. The largest absolute Gasteiger partial charge is 0.416 e. The van der Waals surface area contributed by atoms with Gasteiger partial charge in [-0.25, -0.2) is 0 Å². The van der Waals surface area contributed by atoms with Gasteiger partial charge in [0.15, 0.2) is 0 Å². The van der Waals surface area contributed by atoms with Gasteiger partial charge in [-0.2, -0.15) is 13.2 Å². The van der Waals surface area contributed by atoms with Crippen LogP contribution in [0.25, 0.3) is 0 Å². The molecule has 22 heavy (non-hydrogen) atoms.